The summed E-state index contributed by atoms with van der Waals surface area (Å²) < 4.78 is 16.4. The van der Waals surface area contributed by atoms with Gasteiger partial charge in [0.1, 0.15) is 0 Å². The van der Waals surface area contributed by atoms with Gasteiger partial charge < -0.3 is 14.2 Å². The molecule has 2 heterocycles. The number of nitrogens with zero attached hydrogens (tertiary/aromatic N) is 1. The third-order valence-corrected chi connectivity index (χ3v) is 4.89. The molecule has 5 heteroatoms. The maximum atomic E-state index is 11.5. The van der Waals surface area contributed by atoms with E-state index in [1.807, 2.05) is 24.3 Å². The van der Waals surface area contributed by atoms with Crippen LogP contribution in [-0.2, 0) is 20.8 Å². The van der Waals surface area contributed by atoms with Crippen molar-refractivity contribution < 1.29 is 19.0 Å². The van der Waals surface area contributed by atoms with Crippen molar-refractivity contribution in [1.82, 2.24) is 4.90 Å². The molecule has 1 unspecified atom stereocenters. The normalized spacial score (nSPS) is 24.5. The van der Waals surface area contributed by atoms with Crippen LogP contribution in [0, 0.1) is 5.92 Å². The lowest BCUT2D eigenvalue weighted by Gasteiger charge is -2.40. The summed E-state index contributed by atoms with van der Waals surface area (Å²) in [6.07, 6.45) is 2.31. The van der Waals surface area contributed by atoms with Crippen LogP contribution in [0.2, 0.25) is 0 Å². The molecule has 3 rings (SSSR count). The van der Waals surface area contributed by atoms with Gasteiger partial charge in [0, 0.05) is 19.0 Å². The molecule has 0 bridgehead atoms. The second kappa shape index (κ2) is 6.99. The third-order valence-electron chi connectivity index (χ3n) is 4.89. The van der Waals surface area contributed by atoms with Crippen molar-refractivity contribution in [2.75, 3.05) is 33.4 Å². The summed E-state index contributed by atoms with van der Waals surface area (Å²) in [5.74, 6) is -0.306. The van der Waals surface area contributed by atoms with Gasteiger partial charge in [0.05, 0.1) is 25.9 Å². The predicted octanol–water partition coefficient (Wildman–Crippen LogP) is 2.45. The van der Waals surface area contributed by atoms with Gasteiger partial charge in [-0.3, -0.25) is 4.90 Å². The standard InChI is InChI=1S/C18H25NO4/c1-18(22-10-11-23-18)16-4-3-9-19(13-16)12-14-5-7-15(8-6-14)17(20)21-2/h5-8,16H,3-4,9-13H2,1-2H3. The number of esters is 1. The first-order chi connectivity index (χ1) is 11.1. The van der Waals surface area contributed by atoms with Crippen LogP contribution in [0.4, 0.5) is 0 Å². The molecule has 1 aromatic carbocycles. The molecule has 0 N–H and O–H groups in total. The van der Waals surface area contributed by atoms with E-state index in [0.29, 0.717) is 24.7 Å². The maximum absolute atomic E-state index is 11.5. The average molecular weight is 319 g/mol. The van der Waals surface area contributed by atoms with Crippen molar-refractivity contribution in [1.29, 1.82) is 0 Å². The smallest absolute Gasteiger partial charge is 0.337 e. The molecular formula is C18H25NO4. The summed E-state index contributed by atoms with van der Waals surface area (Å²) in [5.41, 5.74) is 1.80. The zero-order valence-corrected chi connectivity index (χ0v) is 13.9. The maximum Gasteiger partial charge on any atom is 0.337 e. The van der Waals surface area contributed by atoms with E-state index in [-0.39, 0.29) is 5.97 Å². The highest BCUT2D eigenvalue weighted by Crippen LogP contribution is 2.34. The Morgan fingerprint density at radius 2 is 2.00 bits per heavy atom. The van der Waals surface area contributed by atoms with Gasteiger partial charge in [-0.15, -0.1) is 0 Å². The number of methoxy groups -OCH3 is 1. The summed E-state index contributed by atoms with van der Waals surface area (Å²) in [4.78, 5) is 13.9. The second-order valence-electron chi connectivity index (χ2n) is 6.48. The monoisotopic (exact) mass is 319 g/mol. The van der Waals surface area contributed by atoms with Crippen LogP contribution in [0.1, 0.15) is 35.7 Å². The van der Waals surface area contributed by atoms with E-state index in [9.17, 15) is 4.79 Å². The molecule has 23 heavy (non-hydrogen) atoms. The molecule has 0 amide bonds. The number of carbonyl (C=O) groups excluding carboxylic acids is 1. The van der Waals surface area contributed by atoms with E-state index < -0.39 is 5.79 Å². The van der Waals surface area contributed by atoms with Gasteiger partial charge in [-0.25, -0.2) is 4.79 Å². The number of hydrogen-bond acceptors (Lipinski definition) is 5. The summed E-state index contributed by atoms with van der Waals surface area (Å²) in [6.45, 7) is 6.41. The summed E-state index contributed by atoms with van der Waals surface area (Å²) in [6, 6.07) is 7.65. The number of carbonyl (C=O) groups is 1. The van der Waals surface area contributed by atoms with Gasteiger partial charge in [-0.2, -0.15) is 0 Å². The Morgan fingerprint density at radius 3 is 2.65 bits per heavy atom. The molecule has 1 atom stereocenters. The molecule has 0 aromatic heterocycles. The van der Waals surface area contributed by atoms with Crippen molar-refractivity contribution in [2.45, 2.75) is 32.1 Å². The summed E-state index contributed by atoms with van der Waals surface area (Å²) in [7, 11) is 1.40. The van der Waals surface area contributed by atoms with Crippen LogP contribution in [0.3, 0.4) is 0 Å². The van der Waals surface area contributed by atoms with E-state index in [1.54, 1.807) is 0 Å². The lowest BCUT2D eigenvalue weighted by atomic mass is 9.90. The average Bonchev–Trinajstić information content (AvgIpc) is 3.03. The number of ether oxygens (including phenoxy) is 3. The predicted molar refractivity (Wildman–Crippen MR) is 86.1 cm³/mol. The Labute approximate surface area is 137 Å². The van der Waals surface area contributed by atoms with Crippen molar-refractivity contribution in [2.24, 2.45) is 5.92 Å². The number of benzene rings is 1. The van der Waals surface area contributed by atoms with Gasteiger partial charge in [0.25, 0.3) is 0 Å². The van der Waals surface area contributed by atoms with E-state index in [4.69, 9.17) is 14.2 Å². The largest absolute Gasteiger partial charge is 0.465 e. The first-order valence-electron chi connectivity index (χ1n) is 8.28. The topological polar surface area (TPSA) is 48.0 Å². The van der Waals surface area contributed by atoms with Crippen molar-refractivity contribution >= 4 is 5.97 Å². The highest BCUT2D eigenvalue weighted by molar-refractivity contribution is 5.89. The molecule has 1 aromatic rings. The Bertz CT molecular complexity index is 536. The SMILES string of the molecule is COC(=O)c1ccc(CN2CCCC(C3(C)OCCO3)C2)cc1. The molecule has 2 aliphatic heterocycles. The lowest BCUT2D eigenvalue weighted by Crippen LogP contribution is -2.46. The van der Waals surface area contributed by atoms with Crippen LogP contribution in [0.15, 0.2) is 24.3 Å². The minimum atomic E-state index is -0.423. The molecule has 0 spiro atoms. The minimum Gasteiger partial charge on any atom is -0.465 e. The highest BCUT2D eigenvalue weighted by Gasteiger charge is 2.41. The van der Waals surface area contributed by atoms with Crippen molar-refractivity contribution in [3.63, 3.8) is 0 Å². The van der Waals surface area contributed by atoms with E-state index >= 15 is 0 Å². The molecule has 2 aliphatic rings. The van der Waals surface area contributed by atoms with Crippen LogP contribution < -0.4 is 0 Å². The zero-order valence-electron chi connectivity index (χ0n) is 13.9. The Balaban J connectivity index is 1.60. The number of rotatable bonds is 4. The van der Waals surface area contributed by atoms with E-state index in [0.717, 1.165) is 32.5 Å². The van der Waals surface area contributed by atoms with Crippen LogP contribution in [-0.4, -0.2) is 50.1 Å². The number of piperidine rings is 1. The molecule has 2 saturated heterocycles. The Morgan fingerprint density at radius 1 is 1.30 bits per heavy atom. The van der Waals surface area contributed by atoms with Gasteiger partial charge in [-0.05, 0) is 44.0 Å². The minimum absolute atomic E-state index is 0.293. The number of hydrogen-bond donors (Lipinski definition) is 0. The van der Waals surface area contributed by atoms with Gasteiger partial charge in [-0.1, -0.05) is 12.1 Å². The van der Waals surface area contributed by atoms with Crippen molar-refractivity contribution in [3.8, 4) is 0 Å². The molecule has 126 valence electrons. The second-order valence-corrected chi connectivity index (χ2v) is 6.48. The van der Waals surface area contributed by atoms with E-state index in [1.165, 1.54) is 12.7 Å². The van der Waals surface area contributed by atoms with Gasteiger partial charge in [0.15, 0.2) is 5.79 Å². The Hall–Kier alpha value is -1.43. The first kappa shape index (κ1) is 16.4. The molecular weight excluding hydrogens is 294 g/mol. The molecule has 2 fully saturated rings. The van der Waals surface area contributed by atoms with E-state index in [2.05, 4.69) is 11.8 Å². The number of likely N-dealkylation sites (tertiary alicyclic amines) is 1. The molecule has 0 saturated carbocycles. The fourth-order valence-electron chi connectivity index (χ4n) is 3.52. The fourth-order valence-corrected chi connectivity index (χ4v) is 3.52. The quantitative estimate of drug-likeness (QED) is 0.798. The molecule has 0 aliphatic carbocycles. The van der Waals surface area contributed by atoms with Crippen LogP contribution in [0.5, 0.6) is 0 Å². The van der Waals surface area contributed by atoms with Crippen LogP contribution in [0.25, 0.3) is 0 Å². The molecule has 5 nitrogen and oxygen atoms in total. The zero-order chi connectivity index (χ0) is 16.3. The molecule has 0 radical (unpaired) electrons. The Kier molecular flexibility index (Phi) is 4.99. The fraction of sp³-hybridized carbons (Fsp3) is 0.611. The summed E-state index contributed by atoms with van der Waals surface area (Å²) in [5, 5.41) is 0. The van der Waals surface area contributed by atoms with Crippen molar-refractivity contribution in [3.05, 3.63) is 35.4 Å². The van der Waals surface area contributed by atoms with Gasteiger partial charge >= 0.3 is 5.97 Å². The third kappa shape index (κ3) is 3.74. The first-order valence-corrected chi connectivity index (χ1v) is 8.28. The van der Waals surface area contributed by atoms with Gasteiger partial charge in [0.2, 0.25) is 0 Å². The van der Waals surface area contributed by atoms with Crippen LogP contribution >= 0.6 is 0 Å². The highest BCUT2D eigenvalue weighted by atomic mass is 16.7. The lowest BCUT2D eigenvalue weighted by molar-refractivity contribution is -0.192. The summed E-state index contributed by atoms with van der Waals surface area (Å²) >= 11 is 0.